The lowest BCUT2D eigenvalue weighted by molar-refractivity contribution is -0.259. The van der Waals surface area contributed by atoms with Crippen molar-refractivity contribution >= 4 is 6.04 Å². The van der Waals surface area contributed by atoms with Gasteiger partial charge in [0.25, 0.3) is 0 Å². The van der Waals surface area contributed by atoms with Crippen LogP contribution in [0.3, 0.4) is 0 Å². The summed E-state index contributed by atoms with van der Waals surface area (Å²) in [7, 11) is 0. The van der Waals surface area contributed by atoms with Crippen LogP contribution >= 0.6 is 0 Å². The highest BCUT2D eigenvalue weighted by Crippen LogP contribution is 2.39. The van der Waals surface area contributed by atoms with Gasteiger partial charge in [-0.05, 0) is 0 Å². The van der Waals surface area contributed by atoms with Crippen LogP contribution < -0.4 is 0 Å². The number of hydrogen-bond donors (Lipinski definition) is 0. The number of alkyl halides is 6. The van der Waals surface area contributed by atoms with E-state index in [1.54, 1.807) is 0 Å². The molecule has 1 nitrogen and oxygen atoms in total. The summed E-state index contributed by atoms with van der Waals surface area (Å²) in [6, 6.07) is -3.78. The lowest BCUT2D eigenvalue weighted by atomic mass is 10.2. The Bertz CT molecular complexity index is 186. The first-order valence-corrected chi connectivity index (χ1v) is 2.37. The molecule has 0 saturated carbocycles. The molecule has 72 valence electrons. The van der Waals surface area contributed by atoms with Gasteiger partial charge in [-0.1, -0.05) is 0 Å². The third-order valence-electron chi connectivity index (χ3n) is 0.940. The molecular weight excluding hydrogens is 197 g/mol. The molecule has 12 heavy (non-hydrogen) atoms. The molecule has 0 aromatic heterocycles. The van der Waals surface area contributed by atoms with Gasteiger partial charge in [-0.15, -0.1) is 0 Å². The first-order chi connectivity index (χ1) is 5.14. The van der Waals surface area contributed by atoms with E-state index in [9.17, 15) is 35.5 Å². The molecular formula is C4HF7O. The van der Waals surface area contributed by atoms with Crippen LogP contribution in [0.2, 0.25) is 0 Å². The van der Waals surface area contributed by atoms with E-state index < -0.39 is 24.3 Å². The third-order valence-corrected chi connectivity index (χ3v) is 0.940. The first kappa shape index (κ1) is 11.2. The monoisotopic (exact) mass is 198 g/mol. The van der Waals surface area contributed by atoms with Gasteiger partial charge in [-0.25, -0.2) is 8.78 Å². The van der Waals surface area contributed by atoms with E-state index in [0.717, 1.165) is 0 Å². The summed E-state index contributed by atoms with van der Waals surface area (Å²) in [6.07, 6.45) is -4.80. The van der Waals surface area contributed by atoms with E-state index in [-0.39, 0.29) is 0 Å². The summed E-state index contributed by atoms with van der Waals surface area (Å²) in [5.41, 5.74) is 0. The van der Waals surface area contributed by atoms with E-state index in [2.05, 4.69) is 0 Å². The van der Waals surface area contributed by atoms with Crippen molar-refractivity contribution in [3.05, 3.63) is 0 Å². The summed E-state index contributed by atoms with van der Waals surface area (Å²) in [5.74, 6) is -11.9. The highest BCUT2D eigenvalue weighted by Gasteiger charge is 2.68. The highest BCUT2D eigenvalue weighted by atomic mass is 19.3. The van der Waals surface area contributed by atoms with Crippen molar-refractivity contribution in [2.45, 2.75) is 18.3 Å². The number of halogens is 7. The highest BCUT2D eigenvalue weighted by molar-refractivity contribution is 5.77. The zero-order valence-corrected chi connectivity index (χ0v) is 5.13. The second-order valence-corrected chi connectivity index (χ2v) is 1.77. The Hall–Kier alpha value is -0.820. The Labute approximate surface area is 61.2 Å². The molecule has 0 heterocycles. The average Bonchev–Trinajstić information content (AvgIpc) is 1.86. The fourth-order valence-electron chi connectivity index (χ4n) is 0.268. The van der Waals surface area contributed by atoms with Crippen LogP contribution in [0.5, 0.6) is 0 Å². The lowest BCUT2D eigenvalue weighted by Gasteiger charge is -2.20. The van der Waals surface area contributed by atoms with Gasteiger partial charge in [0, 0.05) is 0 Å². The fraction of sp³-hybridized carbons (Fsp3) is 0.750. The van der Waals surface area contributed by atoms with Crippen molar-refractivity contribution in [3.8, 4) is 0 Å². The van der Waals surface area contributed by atoms with Gasteiger partial charge in [0.15, 0.2) is 0 Å². The fourth-order valence-corrected chi connectivity index (χ4v) is 0.268. The van der Waals surface area contributed by atoms with Gasteiger partial charge in [0.2, 0.25) is 0 Å². The van der Waals surface area contributed by atoms with E-state index in [0.29, 0.717) is 0 Å². The van der Waals surface area contributed by atoms with Crippen LogP contribution in [0.15, 0.2) is 0 Å². The summed E-state index contributed by atoms with van der Waals surface area (Å²) >= 11 is 0. The summed E-state index contributed by atoms with van der Waals surface area (Å²) < 4.78 is 79.8. The molecule has 0 aliphatic rings. The van der Waals surface area contributed by atoms with Crippen molar-refractivity contribution in [2.24, 2.45) is 0 Å². The Kier molecular flexibility index (Phi) is 2.71. The van der Waals surface area contributed by atoms with Gasteiger partial charge in [-0.2, -0.15) is 22.0 Å². The van der Waals surface area contributed by atoms with Gasteiger partial charge >= 0.3 is 24.3 Å². The molecule has 0 atom stereocenters. The van der Waals surface area contributed by atoms with Crippen LogP contribution in [-0.4, -0.2) is 24.3 Å². The van der Waals surface area contributed by atoms with Crippen LogP contribution in [0, 0.1) is 0 Å². The van der Waals surface area contributed by atoms with Crippen LogP contribution in [0.4, 0.5) is 30.7 Å². The smallest absolute Gasteiger partial charge is 0.254 e. The average molecular weight is 198 g/mol. The number of carbonyl (C=O) groups excluding carboxylic acids is 1. The van der Waals surface area contributed by atoms with Gasteiger partial charge in [-0.3, -0.25) is 4.79 Å². The van der Waals surface area contributed by atoms with Crippen molar-refractivity contribution in [2.75, 3.05) is 0 Å². The molecule has 0 rings (SSSR count). The largest absolute Gasteiger partial charge is 0.403 e. The van der Waals surface area contributed by atoms with Crippen LogP contribution in [0.25, 0.3) is 0 Å². The molecule has 0 aliphatic heterocycles. The van der Waals surface area contributed by atoms with E-state index in [4.69, 9.17) is 0 Å². The molecule has 0 bridgehead atoms. The molecule has 0 radical (unpaired) electrons. The Morgan fingerprint density at radius 1 is 1.08 bits per heavy atom. The zero-order valence-electron chi connectivity index (χ0n) is 5.13. The molecule has 0 N–H and O–H groups in total. The third kappa shape index (κ3) is 1.51. The van der Waals surface area contributed by atoms with E-state index in [1.165, 1.54) is 0 Å². The molecule has 0 aromatic rings. The minimum absolute atomic E-state index is 3.78. The minimum atomic E-state index is -5.97. The molecule has 0 unspecified atom stereocenters. The van der Waals surface area contributed by atoms with E-state index >= 15 is 0 Å². The first-order valence-electron chi connectivity index (χ1n) is 2.37. The normalized spacial score (nSPS) is 13.7. The molecule has 0 saturated heterocycles. The predicted molar refractivity (Wildman–Crippen MR) is 22.0 cm³/mol. The zero-order chi connectivity index (χ0) is 10.2. The van der Waals surface area contributed by atoms with Crippen molar-refractivity contribution in [3.63, 3.8) is 0 Å². The topological polar surface area (TPSA) is 17.1 Å². The minimum Gasteiger partial charge on any atom is -0.254 e. The molecule has 0 fully saturated rings. The lowest BCUT2D eigenvalue weighted by Crippen LogP contribution is -2.50. The summed E-state index contributed by atoms with van der Waals surface area (Å²) in [5, 5.41) is 0. The maximum atomic E-state index is 11.6. The molecule has 0 aromatic carbocycles. The quantitative estimate of drug-likeness (QED) is 0.500. The Balaban J connectivity index is 4.88. The summed E-state index contributed by atoms with van der Waals surface area (Å²) in [4.78, 5) is 9.19. The number of rotatable bonds is 3. The Morgan fingerprint density at radius 2 is 1.42 bits per heavy atom. The molecule has 0 spiro atoms. The van der Waals surface area contributed by atoms with Crippen molar-refractivity contribution in [1.82, 2.24) is 0 Å². The van der Waals surface area contributed by atoms with E-state index in [1.807, 2.05) is 0 Å². The molecule has 8 heteroatoms. The maximum absolute atomic E-state index is 11.6. The van der Waals surface area contributed by atoms with Crippen LogP contribution in [-0.2, 0) is 4.79 Å². The summed E-state index contributed by atoms with van der Waals surface area (Å²) in [6.45, 7) is 0. The molecule has 0 amide bonds. The van der Waals surface area contributed by atoms with Crippen molar-refractivity contribution < 1.29 is 35.5 Å². The number of carbonyl (C=O) groups is 1. The number of hydrogen-bond acceptors (Lipinski definition) is 1. The van der Waals surface area contributed by atoms with Gasteiger partial charge in [0.05, 0.1) is 0 Å². The predicted octanol–water partition coefficient (Wildman–Crippen LogP) is 2.02. The second kappa shape index (κ2) is 2.91. The molecule has 0 aliphatic carbocycles. The van der Waals surface area contributed by atoms with Crippen molar-refractivity contribution in [1.29, 1.82) is 0 Å². The van der Waals surface area contributed by atoms with Crippen LogP contribution in [0.1, 0.15) is 0 Å². The maximum Gasteiger partial charge on any atom is 0.403 e. The second-order valence-electron chi connectivity index (χ2n) is 1.77. The SMILES string of the molecule is O=C(F)C(F)(F)C(F)(F)C(F)F. The van der Waals surface area contributed by atoms with Gasteiger partial charge in [0.1, 0.15) is 0 Å². The van der Waals surface area contributed by atoms with Gasteiger partial charge < -0.3 is 0 Å². The standard InChI is InChI=1S/C4HF7O/c5-1(6)3(8,9)4(10,11)2(7)12/h1H. The Morgan fingerprint density at radius 3 is 1.50 bits per heavy atom.